The van der Waals surface area contributed by atoms with Crippen LogP contribution in [0.15, 0.2) is 48.7 Å². The van der Waals surface area contributed by atoms with E-state index in [0.717, 1.165) is 42.6 Å². The molecule has 1 amide bonds. The van der Waals surface area contributed by atoms with Crippen LogP contribution in [-0.2, 0) is 17.6 Å². The average Bonchev–Trinajstić information content (AvgIpc) is 3.05. The third-order valence-corrected chi connectivity index (χ3v) is 5.22. The molecule has 4 rings (SSSR count). The third kappa shape index (κ3) is 3.04. The lowest BCUT2D eigenvalue weighted by Gasteiger charge is -2.27. The Morgan fingerprint density at radius 1 is 1.24 bits per heavy atom. The molecule has 1 unspecified atom stereocenters. The number of aromatic amines is 1. The van der Waals surface area contributed by atoms with E-state index in [4.69, 9.17) is 0 Å². The van der Waals surface area contributed by atoms with E-state index in [1.54, 1.807) is 6.20 Å². The zero-order valence-corrected chi connectivity index (χ0v) is 14.5. The number of aryl methyl sites for hydroxylation is 1. The van der Waals surface area contributed by atoms with Crippen molar-refractivity contribution < 1.29 is 4.79 Å². The molecule has 3 aromatic rings. The second-order valence-corrected chi connectivity index (χ2v) is 6.84. The van der Waals surface area contributed by atoms with Crippen LogP contribution < -0.4 is 0 Å². The molecule has 0 fully saturated rings. The summed E-state index contributed by atoms with van der Waals surface area (Å²) >= 11 is 0. The Balaban J connectivity index is 1.53. The lowest BCUT2D eigenvalue weighted by atomic mass is 9.86. The minimum atomic E-state index is -0.0510. The number of fused-ring (bicyclic) bond motifs is 3. The quantitative estimate of drug-likeness (QED) is 0.792. The molecule has 128 valence electrons. The molecule has 1 atom stereocenters. The molecule has 1 N–H and O–H groups in total. The second kappa shape index (κ2) is 6.71. The van der Waals surface area contributed by atoms with Gasteiger partial charge in [-0.3, -0.25) is 9.78 Å². The molecule has 0 saturated heterocycles. The van der Waals surface area contributed by atoms with Gasteiger partial charge in [0, 0.05) is 48.5 Å². The molecular formula is C21H23N3O. The predicted molar refractivity (Wildman–Crippen MR) is 99.6 cm³/mol. The summed E-state index contributed by atoms with van der Waals surface area (Å²) in [6.07, 6.45) is 5.64. The van der Waals surface area contributed by atoms with Crippen LogP contribution in [0.2, 0.25) is 0 Å². The van der Waals surface area contributed by atoms with Crippen molar-refractivity contribution in [2.45, 2.75) is 31.6 Å². The number of para-hydroxylation sites is 1. The van der Waals surface area contributed by atoms with Crippen molar-refractivity contribution in [3.8, 4) is 0 Å². The molecule has 4 nitrogen and oxygen atoms in total. The van der Waals surface area contributed by atoms with E-state index in [9.17, 15) is 4.79 Å². The second-order valence-electron chi connectivity index (χ2n) is 6.84. The van der Waals surface area contributed by atoms with Crippen LogP contribution in [0.4, 0.5) is 0 Å². The van der Waals surface area contributed by atoms with Gasteiger partial charge in [0.1, 0.15) is 0 Å². The van der Waals surface area contributed by atoms with E-state index in [0.29, 0.717) is 6.54 Å². The molecule has 2 aromatic heterocycles. The number of amides is 1. The summed E-state index contributed by atoms with van der Waals surface area (Å²) in [5.74, 6) is 0.160. The summed E-state index contributed by atoms with van der Waals surface area (Å²) < 4.78 is 0. The number of carbonyl (C=O) groups excluding carboxylic acids is 1. The standard InChI is InChI=1S/C21H23N3O/c1-24(14-12-15-7-4-5-13-22-15)21(25)18-10-6-9-17-16-8-2-3-11-19(16)23-20(17)18/h2-5,7-8,11,13,18,23H,6,9-10,12,14H2,1H3. The maximum atomic E-state index is 13.0. The first kappa shape index (κ1) is 15.9. The first-order valence-electron chi connectivity index (χ1n) is 8.98. The van der Waals surface area contributed by atoms with Crippen molar-refractivity contribution in [2.24, 2.45) is 0 Å². The fourth-order valence-electron chi connectivity index (χ4n) is 3.87. The highest BCUT2D eigenvalue weighted by Crippen LogP contribution is 2.36. The number of H-pyrrole nitrogens is 1. The molecule has 4 heteroatoms. The van der Waals surface area contributed by atoms with Gasteiger partial charge in [0.2, 0.25) is 5.91 Å². The molecular weight excluding hydrogens is 310 g/mol. The summed E-state index contributed by atoms with van der Waals surface area (Å²) in [4.78, 5) is 22.8. The molecule has 0 bridgehead atoms. The van der Waals surface area contributed by atoms with Crippen LogP contribution in [0.25, 0.3) is 10.9 Å². The molecule has 1 aromatic carbocycles. The summed E-state index contributed by atoms with van der Waals surface area (Å²) in [5, 5.41) is 1.27. The summed E-state index contributed by atoms with van der Waals surface area (Å²) in [5.41, 5.74) is 4.63. The lowest BCUT2D eigenvalue weighted by molar-refractivity contribution is -0.131. The molecule has 0 saturated carbocycles. The fraction of sp³-hybridized carbons (Fsp3) is 0.333. The van der Waals surface area contributed by atoms with Crippen LogP contribution in [0.1, 0.15) is 35.7 Å². The normalized spacial score (nSPS) is 16.6. The van der Waals surface area contributed by atoms with E-state index in [1.807, 2.05) is 36.2 Å². The molecule has 0 spiro atoms. The molecule has 1 aliphatic carbocycles. The molecule has 25 heavy (non-hydrogen) atoms. The minimum Gasteiger partial charge on any atom is -0.357 e. The zero-order chi connectivity index (χ0) is 17.2. The van der Waals surface area contributed by atoms with Crippen LogP contribution in [0.5, 0.6) is 0 Å². The van der Waals surface area contributed by atoms with E-state index >= 15 is 0 Å². The Morgan fingerprint density at radius 3 is 2.92 bits per heavy atom. The Kier molecular flexibility index (Phi) is 4.26. The highest BCUT2D eigenvalue weighted by Gasteiger charge is 2.31. The highest BCUT2D eigenvalue weighted by molar-refractivity contribution is 5.90. The number of rotatable bonds is 4. The van der Waals surface area contributed by atoms with Gasteiger partial charge >= 0.3 is 0 Å². The van der Waals surface area contributed by atoms with E-state index in [1.165, 1.54) is 10.9 Å². The zero-order valence-electron chi connectivity index (χ0n) is 14.5. The van der Waals surface area contributed by atoms with Crippen LogP contribution >= 0.6 is 0 Å². The van der Waals surface area contributed by atoms with Gasteiger partial charge in [0.05, 0.1) is 5.92 Å². The molecule has 0 aliphatic heterocycles. The topological polar surface area (TPSA) is 49.0 Å². The van der Waals surface area contributed by atoms with Gasteiger partial charge in [-0.1, -0.05) is 24.3 Å². The number of likely N-dealkylation sites (N-methyl/N-ethyl adjacent to an activating group) is 1. The van der Waals surface area contributed by atoms with E-state index in [2.05, 4.69) is 28.2 Å². The Morgan fingerprint density at radius 2 is 2.08 bits per heavy atom. The van der Waals surface area contributed by atoms with Crippen LogP contribution in [-0.4, -0.2) is 34.4 Å². The van der Waals surface area contributed by atoms with Crippen molar-refractivity contribution in [2.75, 3.05) is 13.6 Å². The Labute approximate surface area is 147 Å². The molecule has 2 heterocycles. The lowest BCUT2D eigenvalue weighted by Crippen LogP contribution is -2.35. The average molecular weight is 333 g/mol. The van der Waals surface area contributed by atoms with Gasteiger partial charge in [-0.25, -0.2) is 0 Å². The number of nitrogens with zero attached hydrogens (tertiary/aromatic N) is 2. The largest absolute Gasteiger partial charge is 0.357 e. The van der Waals surface area contributed by atoms with Crippen molar-refractivity contribution in [1.82, 2.24) is 14.9 Å². The maximum absolute atomic E-state index is 13.0. The number of hydrogen-bond acceptors (Lipinski definition) is 2. The van der Waals surface area contributed by atoms with E-state index in [-0.39, 0.29) is 11.8 Å². The monoisotopic (exact) mass is 333 g/mol. The van der Waals surface area contributed by atoms with Gasteiger partial charge in [0.15, 0.2) is 0 Å². The SMILES string of the molecule is CN(CCc1ccccn1)C(=O)C1CCCc2c1[nH]c1ccccc21. The van der Waals surface area contributed by atoms with Crippen LogP contribution in [0, 0.1) is 0 Å². The number of nitrogens with one attached hydrogen (secondary N) is 1. The summed E-state index contributed by atoms with van der Waals surface area (Å²) in [7, 11) is 1.90. The summed E-state index contributed by atoms with van der Waals surface area (Å²) in [6, 6.07) is 14.3. The van der Waals surface area contributed by atoms with Crippen LogP contribution in [0.3, 0.4) is 0 Å². The van der Waals surface area contributed by atoms with Gasteiger partial charge in [-0.05, 0) is 43.0 Å². The minimum absolute atomic E-state index is 0.0510. The van der Waals surface area contributed by atoms with Crippen molar-refractivity contribution >= 4 is 16.8 Å². The van der Waals surface area contributed by atoms with E-state index < -0.39 is 0 Å². The Hall–Kier alpha value is -2.62. The first-order valence-corrected chi connectivity index (χ1v) is 8.98. The maximum Gasteiger partial charge on any atom is 0.231 e. The number of carbonyl (C=O) groups is 1. The fourth-order valence-corrected chi connectivity index (χ4v) is 3.87. The molecule has 1 aliphatic rings. The number of aromatic nitrogens is 2. The van der Waals surface area contributed by atoms with Crippen molar-refractivity contribution in [1.29, 1.82) is 0 Å². The number of hydrogen-bond donors (Lipinski definition) is 1. The highest BCUT2D eigenvalue weighted by atomic mass is 16.2. The number of benzene rings is 1. The third-order valence-electron chi connectivity index (χ3n) is 5.22. The smallest absolute Gasteiger partial charge is 0.231 e. The molecule has 0 radical (unpaired) electrons. The van der Waals surface area contributed by atoms with Gasteiger partial charge in [0.25, 0.3) is 0 Å². The van der Waals surface area contributed by atoms with Gasteiger partial charge < -0.3 is 9.88 Å². The van der Waals surface area contributed by atoms with Crippen molar-refractivity contribution in [3.63, 3.8) is 0 Å². The Bertz CT molecular complexity index is 885. The first-order chi connectivity index (χ1) is 12.2. The summed E-state index contributed by atoms with van der Waals surface area (Å²) in [6.45, 7) is 0.696. The van der Waals surface area contributed by atoms with Gasteiger partial charge in [-0.2, -0.15) is 0 Å². The van der Waals surface area contributed by atoms with Gasteiger partial charge in [-0.15, -0.1) is 0 Å². The van der Waals surface area contributed by atoms with Crippen molar-refractivity contribution in [3.05, 3.63) is 65.6 Å². The predicted octanol–water partition coefficient (Wildman–Crippen LogP) is 3.68. The number of pyridine rings is 1.